The molecule has 1 aromatic carbocycles. The molecule has 8 heteroatoms. The topological polar surface area (TPSA) is 76.3 Å². The van der Waals surface area contributed by atoms with E-state index in [0.717, 1.165) is 28.8 Å². The van der Waals surface area contributed by atoms with Crippen LogP contribution in [0.4, 0.5) is 11.4 Å². The maximum absolute atomic E-state index is 12.8. The Morgan fingerprint density at radius 3 is 3.00 bits per heavy atom. The molecule has 3 rings (SSSR count). The van der Waals surface area contributed by atoms with Crippen LogP contribution < -0.4 is 4.90 Å². The molecule has 1 amide bonds. The third-order valence-corrected chi connectivity index (χ3v) is 6.04. The highest BCUT2D eigenvalue weighted by Crippen LogP contribution is 2.37. The lowest BCUT2D eigenvalue weighted by Crippen LogP contribution is -2.33. The van der Waals surface area contributed by atoms with E-state index in [1.54, 1.807) is 16.7 Å². The molecule has 0 radical (unpaired) electrons. The van der Waals surface area contributed by atoms with Gasteiger partial charge in [0, 0.05) is 29.0 Å². The molecular weight excluding hydrogens is 358 g/mol. The Labute approximate surface area is 154 Å². The highest BCUT2D eigenvalue weighted by atomic mass is 32.2. The van der Waals surface area contributed by atoms with E-state index in [2.05, 4.69) is 11.9 Å². The first-order valence-corrected chi connectivity index (χ1v) is 9.71. The summed E-state index contributed by atoms with van der Waals surface area (Å²) in [6, 6.07) is 10.8. The minimum absolute atomic E-state index is 0.0629. The van der Waals surface area contributed by atoms with E-state index in [0.29, 0.717) is 11.8 Å². The molecule has 0 saturated carbocycles. The van der Waals surface area contributed by atoms with E-state index in [1.807, 2.05) is 24.3 Å². The van der Waals surface area contributed by atoms with Crippen LogP contribution in [0.3, 0.4) is 0 Å². The van der Waals surface area contributed by atoms with Crippen molar-refractivity contribution < 1.29 is 9.72 Å². The fourth-order valence-electron chi connectivity index (χ4n) is 2.59. The number of carbonyl (C=O) groups excluding carboxylic acids is 1. The minimum Gasteiger partial charge on any atom is -0.311 e. The predicted molar refractivity (Wildman–Crippen MR) is 100 cm³/mol. The molecule has 2 heterocycles. The standard InChI is InChI=1S/C17H17N3O3S2/c1-12-8-10-19(13-5-2-3-7-15(13)25-12)16(21)11-24-17-14(20(22)23)6-4-9-18-17/h2-7,9,12H,8,10-11H2,1H3/t12-/m1/s1. The van der Waals surface area contributed by atoms with Gasteiger partial charge in [-0.05, 0) is 24.6 Å². The van der Waals surface area contributed by atoms with E-state index in [-0.39, 0.29) is 22.4 Å². The summed E-state index contributed by atoms with van der Waals surface area (Å²) in [5.74, 6) is 0.0534. The van der Waals surface area contributed by atoms with Crippen molar-refractivity contribution in [1.29, 1.82) is 0 Å². The predicted octanol–water partition coefficient (Wildman–Crippen LogP) is 4.00. The summed E-state index contributed by atoms with van der Waals surface area (Å²) < 4.78 is 0. The molecule has 0 N–H and O–H groups in total. The van der Waals surface area contributed by atoms with Crippen molar-refractivity contribution >= 4 is 40.8 Å². The number of para-hydroxylation sites is 1. The van der Waals surface area contributed by atoms with Crippen LogP contribution in [0.2, 0.25) is 0 Å². The van der Waals surface area contributed by atoms with Crippen molar-refractivity contribution in [3.63, 3.8) is 0 Å². The summed E-state index contributed by atoms with van der Waals surface area (Å²) in [5.41, 5.74) is 0.846. The van der Waals surface area contributed by atoms with E-state index in [9.17, 15) is 14.9 Å². The van der Waals surface area contributed by atoms with Gasteiger partial charge in [-0.3, -0.25) is 14.9 Å². The van der Waals surface area contributed by atoms with Gasteiger partial charge < -0.3 is 4.90 Å². The van der Waals surface area contributed by atoms with Gasteiger partial charge in [0.25, 0.3) is 0 Å². The molecule has 0 bridgehead atoms. The maximum Gasteiger partial charge on any atom is 0.301 e. The van der Waals surface area contributed by atoms with Crippen molar-refractivity contribution in [2.45, 2.75) is 28.5 Å². The molecule has 2 aromatic rings. The molecule has 0 saturated heterocycles. The fraction of sp³-hybridized carbons (Fsp3) is 0.294. The van der Waals surface area contributed by atoms with E-state index >= 15 is 0 Å². The molecule has 0 aliphatic carbocycles. The molecular formula is C17H17N3O3S2. The highest BCUT2D eigenvalue weighted by molar-refractivity contribution is 8.00. The molecule has 6 nitrogen and oxygen atoms in total. The molecule has 25 heavy (non-hydrogen) atoms. The summed E-state index contributed by atoms with van der Waals surface area (Å²) >= 11 is 2.88. The van der Waals surface area contributed by atoms with E-state index < -0.39 is 4.92 Å². The van der Waals surface area contributed by atoms with E-state index in [1.165, 1.54) is 18.3 Å². The molecule has 1 aliphatic rings. The number of thioether (sulfide) groups is 2. The Morgan fingerprint density at radius 1 is 1.40 bits per heavy atom. The van der Waals surface area contributed by atoms with Crippen LogP contribution >= 0.6 is 23.5 Å². The highest BCUT2D eigenvalue weighted by Gasteiger charge is 2.25. The van der Waals surface area contributed by atoms with Crippen molar-refractivity contribution in [2.75, 3.05) is 17.2 Å². The number of amides is 1. The minimum atomic E-state index is -0.473. The van der Waals surface area contributed by atoms with Crippen molar-refractivity contribution in [1.82, 2.24) is 4.98 Å². The zero-order chi connectivity index (χ0) is 17.8. The Balaban J connectivity index is 1.77. The lowest BCUT2D eigenvalue weighted by Gasteiger charge is -2.22. The third-order valence-electron chi connectivity index (χ3n) is 3.82. The zero-order valence-corrected chi connectivity index (χ0v) is 15.3. The number of carbonyl (C=O) groups is 1. The second kappa shape index (κ2) is 7.88. The lowest BCUT2D eigenvalue weighted by molar-refractivity contribution is -0.388. The molecule has 0 fully saturated rings. The van der Waals surface area contributed by atoms with Gasteiger partial charge in [0.1, 0.15) is 0 Å². The molecule has 1 aromatic heterocycles. The molecule has 130 valence electrons. The van der Waals surface area contributed by atoms with Crippen LogP contribution in [0.25, 0.3) is 0 Å². The van der Waals surface area contributed by atoms with Gasteiger partial charge in [-0.15, -0.1) is 11.8 Å². The Kier molecular flexibility index (Phi) is 5.60. The van der Waals surface area contributed by atoms with Gasteiger partial charge in [-0.1, -0.05) is 30.8 Å². The van der Waals surface area contributed by atoms with Gasteiger partial charge >= 0.3 is 5.69 Å². The number of fused-ring (bicyclic) bond motifs is 1. The van der Waals surface area contributed by atoms with Crippen LogP contribution in [-0.2, 0) is 4.79 Å². The summed E-state index contributed by atoms with van der Waals surface area (Å²) in [5, 5.41) is 11.8. The molecule has 0 spiro atoms. The molecule has 1 aliphatic heterocycles. The van der Waals surface area contributed by atoms with Crippen LogP contribution in [0, 0.1) is 10.1 Å². The average Bonchev–Trinajstić information content (AvgIpc) is 2.78. The number of nitro groups is 1. The Bertz CT molecular complexity index is 800. The summed E-state index contributed by atoms with van der Waals surface area (Å²) in [6.07, 6.45) is 2.40. The first-order chi connectivity index (χ1) is 12.1. The quantitative estimate of drug-likeness (QED) is 0.457. The summed E-state index contributed by atoms with van der Waals surface area (Å²) in [4.78, 5) is 30.3. The van der Waals surface area contributed by atoms with Gasteiger partial charge in [-0.2, -0.15) is 0 Å². The second-order valence-corrected chi connectivity index (χ2v) is 8.05. The molecule has 0 unspecified atom stereocenters. The monoisotopic (exact) mass is 375 g/mol. The number of anilines is 1. The number of hydrogen-bond donors (Lipinski definition) is 0. The SMILES string of the molecule is C[C@@H]1CCN(C(=O)CSc2ncccc2[N+](=O)[O-])c2ccccc2S1. The summed E-state index contributed by atoms with van der Waals surface area (Å²) in [6.45, 7) is 2.80. The van der Waals surface area contributed by atoms with Crippen LogP contribution in [0.1, 0.15) is 13.3 Å². The maximum atomic E-state index is 12.8. The van der Waals surface area contributed by atoms with Crippen molar-refractivity contribution in [3.8, 4) is 0 Å². The normalized spacial score (nSPS) is 16.8. The zero-order valence-electron chi connectivity index (χ0n) is 13.6. The van der Waals surface area contributed by atoms with Crippen LogP contribution in [0.5, 0.6) is 0 Å². The smallest absolute Gasteiger partial charge is 0.301 e. The fourth-order valence-corrected chi connectivity index (χ4v) is 4.54. The van der Waals surface area contributed by atoms with Gasteiger partial charge in [0.2, 0.25) is 5.91 Å². The van der Waals surface area contributed by atoms with Crippen LogP contribution in [0.15, 0.2) is 52.5 Å². The van der Waals surface area contributed by atoms with Crippen molar-refractivity contribution in [2.24, 2.45) is 0 Å². The lowest BCUT2D eigenvalue weighted by atomic mass is 10.2. The van der Waals surface area contributed by atoms with E-state index in [4.69, 9.17) is 0 Å². The largest absolute Gasteiger partial charge is 0.311 e. The Hall–Kier alpha value is -2.06. The van der Waals surface area contributed by atoms with Crippen LogP contribution in [-0.4, -0.2) is 33.4 Å². The number of aromatic nitrogens is 1. The first-order valence-electron chi connectivity index (χ1n) is 7.84. The third kappa shape index (κ3) is 4.13. The molecule has 1 atom stereocenters. The Morgan fingerprint density at radius 2 is 2.20 bits per heavy atom. The van der Waals surface area contributed by atoms with Gasteiger partial charge in [0.15, 0.2) is 5.03 Å². The average molecular weight is 375 g/mol. The second-order valence-electron chi connectivity index (χ2n) is 5.60. The summed E-state index contributed by atoms with van der Waals surface area (Å²) in [7, 11) is 0. The van der Waals surface area contributed by atoms with Gasteiger partial charge in [-0.25, -0.2) is 4.98 Å². The number of nitrogens with zero attached hydrogens (tertiary/aromatic N) is 3. The number of benzene rings is 1. The number of rotatable bonds is 4. The van der Waals surface area contributed by atoms with Gasteiger partial charge in [0.05, 0.1) is 16.4 Å². The van der Waals surface area contributed by atoms with Crippen molar-refractivity contribution in [3.05, 3.63) is 52.7 Å². The first kappa shape index (κ1) is 17.8. The number of hydrogen-bond acceptors (Lipinski definition) is 6. The number of pyridine rings is 1.